The van der Waals surface area contributed by atoms with Gasteiger partial charge in [0.15, 0.2) is 0 Å². The Bertz CT molecular complexity index is 502. The van der Waals surface area contributed by atoms with Crippen molar-refractivity contribution in [1.82, 2.24) is 0 Å². The number of rotatable bonds is 1. The summed E-state index contributed by atoms with van der Waals surface area (Å²) in [6.45, 7) is 0. The fourth-order valence-corrected chi connectivity index (χ4v) is 2.31. The Morgan fingerprint density at radius 1 is 1.21 bits per heavy atom. The minimum Gasteiger partial charge on any atom is -0.465 e. The normalized spacial score (nSPS) is 17.2. The van der Waals surface area contributed by atoms with Crippen LogP contribution < -0.4 is 5.73 Å². The zero-order valence-electron chi connectivity index (χ0n) is 11.2. The van der Waals surface area contributed by atoms with Crippen molar-refractivity contribution >= 4 is 5.97 Å². The molecule has 3 heteroatoms. The molecular formula is C16H19NO2. The van der Waals surface area contributed by atoms with E-state index in [0.717, 1.165) is 31.2 Å². The Hall–Kier alpha value is -1.79. The van der Waals surface area contributed by atoms with Crippen LogP contribution in [0.3, 0.4) is 0 Å². The highest BCUT2D eigenvalue weighted by molar-refractivity contribution is 5.89. The number of hydrogen-bond donors (Lipinski definition) is 1. The number of carbonyl (C=O) groups is 1. The van der Waals surface area contributed by atoms with E-state index in [1.54, 1.807) is 12.1 Å². The smallest absolute Gasteiger partial charge is 0.337 e. The minimum atomic E-state index is -0.334. The van der Waals surface area contributed by atoms with Gasteiger partial charge < -0.3 is 10.5 Å². The molecule has 1 aromatic rings. The summed E-state index contributed by atoms with van der Waals surface area (Å²) in [5, 5.41) is 0. The van der Waals surface area contributed by atoms with Gasteiger partial charge >= 0.3 is 5.97 Å². The topological polar surface area (TPSA) is 52.3 Å². The van der Waals surface area contributed by atoms with Crippen molar-refractivity contribution in [3.8, 4) is 11.8 Å². The van der Waals surface area contributed by atoms with Crippen LogP contribution >= 0.6 is 0 Å². The third-order valence-corrected chi connectivity index (χ3v) is 3.51. The molecule has 1 aromatic carbocycles. The van der Waals surface area contributed by atoms with Crippen molar-refractivity contribution in [2.45, 2.75) is 37.6 Å². The zero-order valence-corrected chi connectivity index (χ0v) is 11.2. The number of benzene rings is 1. The van der Waals surface area contributed by atoms with Crippen molar-refractivity contribution in [1.29, 1.82) is 0 Å². The van der Waals surface area contributed by atoms with Crippen LogP contribution in [0.1, 0.15) is 48.0 Å². The van der Waals surface area contributed by atoms with Gasteiger partial charge in [-0.1, -0.05) is 31.1 Å². The Morgan fingerprint density at radius 3 is 2.42 bits per heavy atom. The quantitative estimate of drug-likeness (QED) is 0.621. The van der Waals surface area contributed by atoms with Crippen LogP contribution in [0.15, 0.2) is 24.3 Å². The van der Waals surface area contributed by atoms with Gasteiger partial charge in [-0.3, -0.25) is 0 Å². The van der Waals surface area contributed by atoms with Crippen LogP contribution in [0.4, 0.5) is 0 Å². The summed E-state index contributed by atoms with van der Waals surface area (Å²) in [6.07, 6.45) is 5.52. The van der Waals surface area contributed by atoms with Gasteiger partial charge in [0.2, 0.25) is 0 Å². The molecule has 0 bridgehead atoms. The molecule has 1 saturated carbocycles. The SMILES string of the molecule is COC(=O)c1ccc(C#CC2(N)CCCCC2)cc1. The van der Waals surface area contributed by atoms with Crippen molar-refractivity contribution in [2.75, 3.05) is 7.11 Å². The molecule has 0 aromatic heterocycles. The highest BCUT2D eigenvalue weighted by Gasteiger charge is 2.24. The molecule has 0 saturated heterocycles. The van der Waals surface area contributed by atoms with Crippen molar-refractivity contribution in [2.24, 2.45) is 5.73 Å². The van der Waals surface area contributed by atoms with Crippen LogP contribution in [-0.2, 0) is 4.74 Å². The highest BCUT2D eigenvalue weighted by atomic mass is 16.5. The molecule has 0 amide bonds. The third kappa shape index (κ3) is 3.59. The largest absolute Gasteiger partial charge is 0.465 e. The number of ether oxygens (including phenoxy) is 1. The first-order valence-electron chi connectivity index (χ1n) is 6.63. The number of hydrogen-bond acceptors (Lipinski definition) is 3. The fourth-order valence-electron chi connectivity index (χ4n) is 2.31. The Morgan fingerprint density at radius 2 is 1.84 bits per heavy atom. The lowest BCUT2D eigenvalue weighted by molar-refractivity contribution is 0.0600. The van der Waals surface area contributed by atoms with Crippen molar-refractivity contribution in [3.05, 3.63) is 35.4 Å². The zero-order chi connectivity index (χ0) is 13.7. The lowest BCUT2D eigenvalue weighted by Crippen LogP contribution is -2.40. The van der Waals surface area contributed by atoms with Crippen molar-refractivity contribution in [3.63, 3.8) is 0 Å². The first-order valence-corrected chi connectivity index (χ1v) is 6.63. The maximum atomic E-state index is 11.3. The standard InChI is InChI=1S/C16H19NO2/c1-19-15(18)14-7-5-13(6-8-14)9-12-16(17)10-3-2-4-11-16/h5-8H,2-4,10-11,17H2,1H3. The Balaban J connectivity index is 2.09. The van der Waals surface area contributed by atoms with Gasteiger partial charge in [0.05, 0.1) is 18.2 Å². The Labute approximate surface area is 114 Å². The summed E-state index contributed by atoms with van der Waals surface area (Å²) >= 11 is 0. The van der Waals surface area contributed by atoms with E-state index in [2.05, 4.69) is 16.6 Å². The first kappa shape index (κ1) is 13.6. The van der Waals surface area contributed by atoms with Gasteiger partial charge in [0, 0.05) is 5.56 Å². The predicted molar refractivity (Wildman–Crippen MR) is 74.7 cm³/mol. The molecule has 0 spiro atoms. The number of esters is 1. The lowest BCUT2D eigenvalue weighted by atomic mass is 9.83. The fraction of sp³-hybridized carbons (Fsp3) is 0.438. The van der Waals surface area contributed by atoms with E-state index in [9.17, 15) is 4.79 Å². The van der Waals surface area contributed by atoms with Crippen LogP contribution in [0.5, 0.6) is 0 Å². The average Bonchev–Trinajstić information content (AvgIpc) is 2.46. The van der Waals surface area contributed by atoms with Gasteiger partial charge in [0.25, 0.3) is 0 Å². The van der Waals surface area contributed by atoms with Crippen LogP contribution in [0.25, 0.3) is 0 Å². The van der Waals surface area contributed by atoms with Gasteiger partial charge in [-0.2, -0.15) is 0 Å². The molecule has 1 aliphatic carbocycles. The summed E-state index contributed by atoms with van der Waals surface area (Å²) in [5.41, 5.74) is 7.34. The van der Waals surface area contributed by atoms with Crippen LogP contribution in [0.2, 0.25) is 0 Å². The summed E-state index contributed by atoms with van der Waals surface area (Å²) in [7, 11) is 1.37. The monoisotopic (exact) mass is 257 g/mol. The van der Waals surface area contributed by atoms with Crippen molar-refractivity contribution < 1.29 is 9.53 Å². The van der Waals surface area contributed by atoms with Gasteiger partial charge in [-0.25, -0.2) is 4.79 Å². The molecular weight excluding hydrogens is 238 g/mol. The van der Waals surface area contributed by atoms with Crippen LogP contribution in [-0.4, -0.2) is 18.6 Å². The summed E-state index contributed by atoms with van der Waals surface area (Å²) < 4.78 is 4.65. The minimum absolute atomic E-state index is 0.331. The molecule has 0 heterocycles. The maximum Gasteiger partial charge on any atom is 0.337 e. The van der Waals surface area contributed by atoms with E-state index in [0.29, 0.717) is 5.56 Å². The Kier molecular flexibility index (Phi) is 4.24. The highest BCUT2D eigenvalue weighted by Crippen LogP contribution is 2.25. The summed E-state index contributed by atoms with van der Waals surface area (Å²) in [6, 6.07) is 7.09. The molecule has 2 rings (SSSR count). The number of nitrogens with two attached hydrogens (primary N) is 1. The average molecular weight is 257 g/mol. The second kappa shape index (κ2) is 5.90. The van der Waals surface area contributed by atoms with E-state index in [4.69, 9.17) is 5.73 Å². The van der Waals surface area contributed by atoms with E-state index in [1.807, 2.05) is 12.1 Å². The molecule has 2 N–H and O–H groups in total. The molecule has 0 unspecified atom stereocenters. The second-order valence-corrected chi connectivity index (χ2v) is 5.04. The molecule has 1 fully saturated rings. The van der Waals surface area contributed by atoms with Gasteiger partial charge in [-0.05, 0) is 37.1 Å². The second-order valence-electron chi connectivity index (χ2n) is 5.04. The lowest BCUT2D eigenvalue weighted by Gasteiger charge is -2.27. The maximum absolute atomic E-state index is 11.3. The van der Waals surface area contributed by atoms with Gasteiger partial charge in [0.1, 0.15) is 0 Å². The molecule has 0 radical (unpaired) electrons. The van der Waals surface area contributed by atoms with E-state index in [1.165, 1.54) is 13.5 Å². The third-order valence-electron chi connectivity index (χ3n) is 3.51. The van der Waals surface area contributed by atoms with E-state index >= 15 is 0 Å². The summed E-state index contributed by atoms with van der Waals surface area (Å²) in [5.74, 6) is 5.97. The molecule has 1 aliphatic rings. The summed E-state index contributed by atoms with van der Waals surface area (Å²) in [4.78, 5) is 11.3. The molecule has 100 valence electrons. The van der Waals surface area contributed by atoms with Gasteiger partial charge in [-0.15, -0.1) is 0 Å². The number of methoxy groups -OCH3 is 1. The molecule has 19 heavy (non-hydrogen) atoms. The molecule has 0 atom stereocenters. The predicted octanol–water partition coefficient (Wildman–Crippen LogP) is 2.49. The molecule has 0 aliphatic heterocycles. The van der Waals surface area contributed by atoms with E-state index < -0.39 is 0 Å². The van der Waals surface area contributed by atoms with Crippen LogP contribution in [0, 0.1) is 11.8 Å². The van der Waals surface area contributed by atoms with E-state index in [-0.39, 0.29) is 11.5 Å². The molecule has 3 nitrogen and oxygen atoms in total. The first-order chi connectivity index (χ1) is 9.13. The number of carbonyl (C=O) groups excluding carboxylic acids is 1.